The Morgan fingerprint density at radius 2 is 1.15 bits per heavy atom. The molecule has 3 nitrogen and oxygen atoms in total. The van der Waals surface area contributed by atoms with Crippen LogP contribution in [0.2, 0.25) is 0 Å². The molecule has 0 N–H and O–H groups in total. The summed E-state index contributed by atoms with van der Waals surface area (Å²) in [6.07, 6.45) is 0.0502. The number of benzene rings is 3. The van der Waals surface area contributed by atoms with E-state index in [1.54, 1.807) is 0 Å². The van der Waals surface area contributed by atoms with Crippen LogP contribution in [0, 0.1) is 0 Å². The van der Waals surface area contributed by atoms with Gasteiger partial charge in [-0.1, -0.05) is 0 Å². The van der Waals surface area contributed by atoms with Crippen molar-refractivity contribution in [2.75, 3.05) is 20.1 Å². The standard InChI is InChI=1S/C22H22ClO3P/c1-25-18-26-22(24)17-27(23,19-11-5-2-6-12-19,20-13-7-3-8-14-20)21-15-9-4-10-16-21/h2-16H,17-18H2,1H3. The molecule has 0 unspecified atom stereocenters. The molecule has 5 heteroatoms. The predicted octanol–water partition coefficient (Wildman–Crippen LogP) is 3.82. The Bertz CT molecular complexity index is 786. The molecule has 0 aromatic heterocycles. The van der Waals surface area contributed by atoms with Gasteiger partial charge in [0.2, 0.25) is 0 Å². The molecule has 0 atom stereocenters. The van der Waals surface area contributed by atoms with Crippen LogP contribution < -0.4 is 15.9 Å². The summed E-state index contributed by atoms with van der Waals surface area (Å²) in [7, 11) is 1.49. The molecule has 0 saturated heterocycles. The van der Waals surface area contributed by atoms with Gasteiger partial charge in [0.05, 0.1) is 0 Å². The summed E-state index contributed by atoms with van der Waals surface area (Å²) in [6.45, 7) is -0.0966. The number of carbonyl (C=O) groups is 1. The van der Waals surface area contributed by atoms with Gasteiger partial charge in [0, 0.05) is 0 Å². The summed E-state index contributed by atoms with van der Waals surface area (Å²) in [4.78, 5) is 12.8. The second-order valence-electron chi connectivity index (χ2n) is 6.27. The first kappa shape index (κ1) is 19.6. The van der Waals surface area contributed by atoms with E-state index in [1.165, 1.54) is 7.11 Å². The molecule has 27 heavy (non-hydrogen) atoms. The van der Waals surface area contributed by atoms with Crippen molar-refractivity contribution >= 4 is 39.1 Å². The van der Waals surface area contributed by atoms with Crippen LogP contribution in [-0.2, 0) is 14.3 Å². The molecule has 0 aliphatic heterocycles. The number of hydrogen-bond acceptors (Lipinski definition) is 3. The molecule has 3 aromatic carbocycles. The second-order valence-corrected chi connectivity index (χ2v) is 12.7. The fraction of sp³-hybridized carbons (Fsp3) is 0.136. The first-order chi connectivity index (χ1) is 13.1. The SMILES string of the molecule is COCOC(=O)CP(Cl)(c1ccccc1)(c1ccccc1)c1ccccc1. The number of rotatable bonds is 7. The Kier molecular flexibility index (Phi) is 5.96. The number of hydrogen-bond donors (Lipinski definition) is 0. The van der Waals surface area contributed by atoms with Gasteiger partial charge in [0.25, 0.3) is 0 Å². The summed E-state index contributed by atoms with van der Waals surface area (Å²) in [5, 5.41) is 2.78. The molecule has 0 bridgehead atoms. The average molecular weight is 401 g/mol. The zero-order valence-electron chi connectivity index (χ0n) is 15.1. The molecule has 0 heterocycles. The summed E-state index contributed by atoms with van der Waals surface area (Å²) in [5.74, 6) is -4.00. The van der Waals surface area contributed by atoms with Gasteiger partial charge in [-0.3, -0.25) is 0 Å². The average Bonchev–Trinajstić information content (AvgIpc) is 2.74. The van der Waals surface area contributed by atoms with E-state index >= 15 is 0 Å². The zero-order chi connectivity index (χ0) is 19.2. The molecular formula is C22H22ClO3P. The van der Waals surface area contributed by atoms with Crippen LogP contribution in [-0.4, -0.2) is 26.0 Å². The van der Waals surface area contributed by atoms with Crippen molar-refractivity contribution < 1.29 is 14.3 Å². The van der Waals surface area contributed by atoms with Crippen LogP contribution in [0.25, 0.3) is 0 Å². The molecule has 0 fully saturated rings. The fourth-order valence-corrected chi connectivity index (χ4v) is 9.06. The van der Waals surface area contributed by atoms with Gasteiger partial charge < -0.3 is 0 Å². The maximum atomic E-state index is 12.8. The van der Waals surface area contributed by atoms with Crippen molar-refractivity contribution in [2.24, 2.45) is 0 Å². The number of ether oxygens (including phenoxy) is 2. The monoisotopic (exact) mass is 400 g/mol. The van der Waals surface area contributed by atoms with Crippen molar-refractivity contribution in [1.82, 2.24) is 0 Å². The van der Waals surface area contributed by atoms with Gasteiger partial charge in [0.1, 0.15) is 0 Å². The van der Waals surface area contributed by atoms with E-state index in [0.717, 1.165) is 15.9 Å². The summed E-state index contributed by atoms with van der Waals surface area (Å²) < 4.78 is 10.2. The molecule has 0 aliphatic carbocycles. The van der Waals surface area contributed by atoms with Crippen molar-refractivity contribution in [3.8, 4) is 0 Å². The number of esters is 1. The van der Waals surface area contributed by atoms with Crippen LogP contribution >= 0.6 is 17.2 Å². The Morgan fingerprint density at radius 3 is 1.48 bits per heavy atom. The first-order valence-corrected chi connectivity index (χ1v) is 12.0. The van der Waals surface area contributed by atoms with Gasteiger partial charge in [-0.25, -0.2) is 0 Å². The molecule has 140 valence electrons. The molecule has 0 spiro atoms. The summed E-state index contributed by atoms with van der Waals surface area (Å²) >= 11 is 7.74. The Hall–Kier alpha value is -2.19. The van der Waals surface area contributed by atoms with E-state index in [9.17, 15) is 4.79 Å². The van der Waals surface area contributed by atoms with Gasteiger partial charge in [-0.2, -0.15) is 0 Å². The van der Waals surface area contributed by atoms with Crippen LogP contribution in [0.15, 0.2) is 91.0 Å². The molecule has 3 aromatic rings. The van der Waals surface area contributed by atoms with E-state index < -0.39 is 5.96 Å². The normalized spacial score (nSPS) is 12.7. The van der Waals surface area contributed by atoms with Crippen molar-refractivity contribution in [2.45, 2.75) is 0 Å². The first-order valence-electron chi connectivity index (χ1n) is 8.64. The predicted molar refractivity (Wildman–Crippen MR) is 114 cm³/mol. The molecular weight excluding hydrogens is 379 g/mol. The van der Waals surface area contributed by atoms with E-state index in [0.29, 0.717) is 0 Å². The quantitative estimate of drug-likeness (QED) is 0.343. The molecule has 0 radical (unpaired) electrons. The van der Waals surface area contributed by atoms with Crippen molar-refractivity contribution in [3.63, 3.8) is 0 Å². The third-order valence-electron chi connectivity index (χ3n) is 4.65. The number of halogens is 1. The van der Waals surface area contributed by atoms with Crippen LogP contribution in [0.1, 0.15) is 0 Å². The fourth-order valence-electron chi connectivity index (χ4n) is 3.35. The maximum absolute atomic E-state index is 12.8. The van der Waals surface area contributed by atoms with Crippen molar-refractivity contribution in [3.05, 3.63) is 91.0 Å². The Morgan fingerprint density at radius 1 is 0.778 bits per heavy atom. The van der Waals surface area contributed by atoms with Gasteiger partial charge >= 0.3 is 164 Å². The topological polar surface area (TPSA) is 35.5 Å². The molecule has 3 rings (SSSR count). The molecule has 0 aliphatic rings. The number of methoxy groups -OCH3 is 1. The summed E-state index contributed by atoms with van der Waals surface area (Å²) in [5.41, 5.74) is 0. The molecule has 0 amide bonds. The van der Waals surface area contributed by atoms with Crippen LogP contribution in [0.3, 0.4) is 0 Å². The van der Waals surface area contributed by atoms with Crippen LogP contribution in [0.5, 0.6) is 0 Å². The molecule has 0 saturated carbocycles. The third-order valence-corrected chi connectivity index (χ3v) is 11.7. The minimum absolute atomic E-state index is 0.0502. The Balaban J connectivity index is 2.31. The van der Waals surface area contributed by atoms with Crippen molar-refractivity contribution in [1.29, 1.82) is 0 Å². The van der Waals surface area contributed by atoms with Gasteiger partial charge in [-0.05, 0) is 0 Å². The van der Waals surface area contributed by atoms with Gasteiger partial charge in [0.15, 0.2) is 0 Å². The van der Waals surface area contributed by atoms with Crippen LogP contribution in [0.4, 0.5) is 0 Å². The third kappa shape index (κ3) is 3.64. The summed E-state index contributed by atoms with van der Waals surface area (Å²) in [6, 6.07) is 29.5. The second kappa shape index (κ2) is 8.22. The van der Waals surface area contributed by atoms with E-state index in [1.807, 2.05) is 91.0 Å². The Labute approximate surface area is 164 Å². The van der Waals surface area contributed by atoms with E-state index in [-0.39, 0.29) is 18.9 Å². The van der Waals surface area contributed by atoms with Gasteiger partial charge in [-0.15, -0.1) is 0 Å². The minimum atomic E-state index is -3.61. The number of carbonyl (C=O) groups excluding carboxylic acids is 1. The van der Waals surface area contributed by atoms with E-state index in [2.05, 4.69) is 0 Å². The van der Waals surface area contributed by atoms with E-state index in [4.69, 9.17) is 20.7 Å². The zero-order valence-corrected chi connectivity index (χ0v) is 16.8.